The lowest BCUT2D eigenvalue weighted by Crippen LogP contribution is -2.44. The Morgan fingerprint density at radius 3 is 2.81 bits per heavy atom. The van der Waals surface area contributed by atoms with E-state index in [4.69, 9.17) is 0 Å². The van der Waals surface area contributed by atoms with Gasteiger partial charge in [-0.25, -0.2) is 8.42 Å². The summed E-state index contributed by atoms with van der Waals surface area (Å²) in [7, 11) is -3.39. The first-order valence-corrected chi connectivity index (χ1v) is 10.7. The molecule has 21 heavy (non-hydrogen) atoms. The molecule has 1 aliphatic rings. The topological polar surface area (TPSA) is 49.4 Å². The third-order valence-electron chi connectivity index (χ3n) is 3.53. The van der Waals surface area contributed by atoms with Gasteiger partial charge in [-0.15, -0.1) is 11.3 Å². The number of nitrogens with zero attached hydrogens (tertiary/aromatic N) is 1. The van der Waals surface area contributed by atoms with Gasteiger partial charge in [0, 0.05) is 41.6 Å². The molecule has 0 aliphatic carbocycles. The van der Waals surface area contributed by atoms with Crippen molar-refractivity contribution < 1.29 is 8.42 Å². The Kier molecular flexibility index (Phi) is 5.76. The van der Waals surface area contributed by atoms with E-state index in [2.05, 4.69) is 19.2 Å². The van der Waals surface area contributed by atoms with Gasteiger partial charge in [-0.1, -0.05) is 13.8 Å². The van der Waals surface area contributed by atoms with Gasteiger partial charge in [0.25, 0.3) is 0 Å². The second kappa shape index (κ2) is 7.00. The van der Waals surface area contributed by atoms with Gasteiger partial charge in [-0.05, 0) is 24.8 Å². The lowest BCUT2D eigenvalue weighted by atomic mass is 10.3. The fourth-order valence-electron chi connectivity index (χ4n) is 2.44. The SMILES string of the molecule is Cc1csc(CNC(C)C)c1S(=O)(=O)N1CCSCC1C. The van der Waals surface area contributed by atoms with Crippen LogP contribution in [0.25, 0.3) is 0 Å². The Morgan fingerprint density at radius 2 is 2.19 bits per heavy atom. The zero-order valence-electron chi connectivity index (χ0n) is 13.0. The molecule has 7 heteroatoms. The van der Waals surface area contributed by atoms with Gasteiger partial charge in [0.05, 0.1) is 0 Å². The number of hydrogen-bond acceptors (Lipinski definition) is 5. The van der Waals surface area contributed by atoms with Crippen molar-refractivity contribution in [2.45, 2.75) is 51.2 Å². The number of rotatable bonds is 5. The Hall–Kier alpha value is -0.0800. The number of aryl methyl sites for hydroxylation is 1. The van der Waals surface area contributed by atoms with E-state index < -0.39 is 10.0 Å². The van der Waals surface area contributed by atoms with Crippen LogP contribution in [0.15, 0.2) is 10.3 Å². The van der Waals surface area contributed by atoms with E-state index in [0.717, 1.165) is 21.9 Å². The molecule has 2 rings (SSSR count). The average molecular weight is 349 g/mol. The van der Waals surface area contributed by atoms with Gasteiger partial charge in [-0.3, -0.25) is 0 Å². The molecule has 1 aliphatic heterocycles. The van der Waals surface area contributed by atoms with Crippen molar-refractivity contribution in [1.82, 2.24) is 9.62 Å². The molecular weight excluding hydrogens is 324 g/mol. The summed E-state index contributed by atoms with van der Waals surface area (Å²) in [6, 6.07) is 0.409. The average Bonchev–Trinajstić information content (AvgIpc) is 2.78. The summed E-state index contributed by atoms with van der Waals surface area (Å²) in [5, 5.41) is 5.28. The van der Waals surface area contributed by atoms with Crippen molar-refractivity contribution >= 4 is 33.1 Å². The van der Waals surface area contributed by atoms with Crippen molar-refractivity contribution in [2.75, 3.05) is 18.1 Å². The van der Waals surface area contributed by atoms with Crippen LogP contribution in [0.3, 0.4) is 0 Å². The van der Waals surface area contributed by atoms with Crippen LogP contribution in [0.1, 0.15) is 31.2 Å². The van der Waals surface area contributed by atoms with E-state index in [1.807, 2.05) is 31.0 Å². The van der Waals surface area contributed by atoms with Gasteiger partial charge >= 0.3 is 0 Å². The van der Waals surface area contributed by atoms with E-state index in [-0.39, 0.29) is 6.04 Å². The normalized spacial score (nSPS) is 21.1. The first-order chi connectivity index (χ1) is 9.84. The van der Waals surface area contributed by atoms with Crippen molar-refractivity contribution in [1.29, 1.82) is 0 Å². The maximum atomic E-state index is 13.0. The molecule has 0 aromatic carbocycles. The molecule has 1 aromatic rings. The van der Waals surface area contributed by atoms with E-state index in [0.29, 0.717) is 24.0 Å². The Labute approximate surface area is 136 Å². The fourth-order valence-corrected chi connectivity index (χ4v) is 7.01. The van der Waals surface area contributed by atoms with Crippen LogP contribution in [0, 0.1) is 6.92 Å². The summed E-state index contributed by atoms with van der Waals surface area (Å²) in [6.07, 6.45) is 0. The first kappa shape index (κ1) is 17.3. The molecule has 0 spiro atoms. The Morgan fingerprint density at radius 1 is 1.48 bits per heavy atom. The molecule has 0 radical (unpaired) electrons. The van der Waals surface area contributed by atoms with Crippen LogP contribution in [-0.4, -0.2) is 42.9 Å². The lowest BCUT2D eigenvalue weighted by molar-refractivity contribution is 0.367. The zero-order valence-corrected chi connectivity index (χ0v) is 15.5. The summed E-state index contributed by atoms with van der Waals surface area (Å²) >= 11 is 3.36. The minimum atomic E-state index is -3.39. The van der Waals surface area contributed by atoms with Crippen molar-refractivity contribution in [3.8, 4) is 0 Å². The van der Waals surface area contributed by atoms with Crippen LogP contribution in [0.5, 0.6) is 0 Å². The predicted octanol–water partition coefficient (Wildman–Crippen LogP) is 2.68. The molecule has 4 nitrogen and oxygen atoms in total. The van der Waals surface area contributed by atoms with Crippen molar-refractivity contribution in [2.24, 2.45) is 0 Å². The van der Waals surface area contributed by atoms with E-state index in [1.54, 1.807) is 4.31 Å². The molecule has 0 bridgehead atoms. The lowest BCUT2D eigenvalue weighted by Gasteiger charge is -2.32. The summed E-state index contributed by atoms with van der Waals surface area (Å²) in [5.74, 6) is 1.76. The van der Waals surface area contributed by atoms with Gasteiger partial charge in [0.2, 0.25) is 10.0 Å². The summed E-state index contributed by atoms with van der Waals surface area (Å²) in [5.41, 5.74) is 0.867. The van der Waals surface area contributed by atoms with Gasteiger partial charge in [0.1, 0.15) is 4.90 Å². The van der Waals surface area contributed by atoms with Crippen LogP contribution in [0.2, 0.25) is 0 Å². The van der Waals surface area contributed by atoms with Gasteiger partial charge < -0.3 is 5.32 Å². The maximum Gasteiger partial charge on any atom is 0.244 e. The van der Waals surface area contributed by atoms with Crippen molar-refractivity contribution in [3.05, 3.63) is 15.8 Å². The van der Waals surface area contributed by atoms with E-state index in [1.165, 1.54) is 11.3 Å². The highest BCUT2D eigenvalue weighted by Crippen LogP contribution is 2.32. The molecule has 2 heterocycles. The number of hydrogen-bond donors (Lipinski definition) is 1. The standard InChI is InChI=1S/C14H24N2O2S3/c1-10(2)15-7-13-14(11(3)8-20-13)21(17,18)16-5-6-19-9-12(16)4/h8,10,12,15H,5-7,9H2,1-4H3. The molecule has 1 saturated heterocycles. The van der Waals surface area contributed by atoms with Crippen LogP contribution in [-0.2, 0) is 16.6 Å². The summed E-state index contributed by atoms with van der Waals surface area (Å²) in [6.45, 7) is 9.25. The highest BCUT2D eigenvalue weighted by atomic mass is 32.2. The molecule has 120 valence electrons. The largest absolute Gasteiger partial charge is 0.310 e. The first-order valence-electron chi connectivity index (χ1n) is 7.24. The van der Waals surface area contributed by atoms with Crippen LogP contribution in [0.4, 0.5) is 0 Å². The minimum absolute atomic E-state index is 0.0685. The molecular formula is C14H24N2O2S3. The van der Waals surface area contributed by atoms with Crippen LogP contribution >= 0.6 is 23.1 Å². The monoisotopic (exact) mass is 348 g/mol. The number of thiophene rings is 1. The molecule has 1 unspecified atom stereocenters. The fraction of sp³-hybridized carbons (Fsp3) is 0.714. The van der Waals surface area contributed by atoms with Crippen molar-refractivity contribution in [3.63, 3.8) is 0 Å². The summed E-state index contributed by atoms with van der Waals surface area (Å²) in [4.78, 5) is 1.45. The smallest absolute Gasteiger partial charge is 0.244 e. The second-order valence-electron chi connectivity index (χ2n) is 5.75. The zero-order chi connectivity index (χ0) is 15.6. The van der Waals surface area contributed by atoms with Gasteiger partial charge in [0.15, 0.2) is 0 Å². The second-order valence-corrected chi connectivity index (χ2v) is 9.69. The predicted molar refractivity (Wildman–Crippen MR) is 91.7 cm³/mol. The maximum absolute atomic E-state index is 13.0. The third-order valence-corrected chi connectivity index (χ3v) is 8.20. The number of thioether (sulfide) groups is 1. The number of sulfonamides is 1. The van der Waals surface area contributed by atoms with Crippen LogP contribution < -0.4 is 5.32 Å². The quantitative estimate of drug-likeness (QED) is 0.889. The minimum Gasteiger partial charge on any atom is -0.310 e. The molecule has 1 atom stereocenters. The molecule has 1 fully saturated rings. The highest BCUT2D eigenvalue weighted by Gasteiger charge is 2.34. The number of nitrogens with one attached hydrogen (secondary N) is 1. The molecule has 0 saturated carbocycles. The van der Waals surface area contributed by atoms with E-state index >= 15 is 0 Å². The third kappa shape index (κ3) is 3.82. The molecule has 1 aromatic heterocycles. The molecule has 1 N–H and O–H groups in total. The summed E-state index contributed by atoms with van der Waals surface area (Å²) < 4.78 is 27.8. The van der Waals surface area contributed by atoms with E-state index in [9.17, 15) is 8.42 Å². The van der Waals surface area contributed by atoms with Gasteiger partial charge in [-0.2, -0.15) is 16.1 Å². The Balaban J connectivity index is 2.33. The Bertz CT molecular complexity index is 581. The highest BCUT2D eigenvalue weighted by molar-refractivity contribution is 7.99. The molecule has 0 amide bonds.